The van der Waals surface area contributed by atoms with Crippen molar-refractivity contribution in [3.8, 4) is 0 Å². The summed E-state index contributed by atoms with van der Waals surface area (Å²) < 4.78 is 2.20. The zero-order valence-electron chi connectivity index (χ0n) is 34.0. The summed E-state index contributed by atoms with van der Waals surface area (Å²) in [6, 6.07) is 51.6. The van der Waals surface area contributed by atoms with Crippen LogP contribution in [-0.4, -0.2) is 0 Å². The Labute approximate surface area is 371 Å². The molecule has 8 aliphatic rings. The van der Waals surface area contributed by atoms with Crippen LogP contribution in [0.1, 0.15) is 110 Å². The number of fused-ring (bicyclic) bond motifs is 3. The van der Waals surface area contributed by atoms with Gasteiger partial charge in [-0.3, -0.25) is 0 Å². The molecule has 8 bridgehead atoms. The first-order chi connectivity index (χ1) is 29.4. The predicted octanol–water partition coefficient (Wildman–Crippen LogP) is 17.2. The maximum atomic E-state index is 3.71. The highest BCUT2D eigenvalue weighted by Gasteiger charge is 2.43. The molecule has 8 aliphatic carbocycles. The smallest absolute Gasteiger partial charge is 0.0468 e. The first kappa shape index (κ1) is 36.3. The molecule has 7 aromatic carbocycles. The second-order valence-electron chi connectivity index (χ2n) is 19.7. The third-order valence-electron chi connectivity index (χ3n) is 16.2. The van der Waals surface area contributed by atoms with Gasteiger partial charge in [-0.1, -0.05) is 68.3 Å². The minimum atomic E-state index is 0.706. The van der Waals surface area contributed by atoms with E-state index in [1.54, 1.807) is 22.3 Å². The topological polar surface area (TPSA) is 6.48 Å². The number of hydrogen-bond acceptors (Lipinski definition) is 2. The van der Waals surface area contributed by atoms with E-state index in [0.717, 1.165) is 44.5 Å². The Morgan fingerprint density at radius 3 is 1.00 bits per heavy atom. The van der Waals surface area contributed by atoms with Gasteiger partial charge in [0, 0.05) is 43.1 Å². The van der Waals surface area contributed by atoms with Gasteiger partial charge in [0.1, 0.15) is 0 Å². The molecule has 2 nitrogen and oxygen atoms in total. The van der Waals surface area contributed by atoms with Crippen LogP contribution in [-0.2, 0) is 0 Å². The molecule has 60 heavy (non-hydrogen) atoms. The van der Waals surface area contributed by atoms with Crippen molar-refractivity contribution in [2.45, 2.75) is 87.9 Å². The van der Waals surface area contributed by atoms with Crippen LogP contribution < -0.4 is 9.80 Å². The Hall–Kier alpha value is -4.38. The number of halogens is 2. The summed E-state index contributed by atoms with van der Waals surface area (Å²) in [4.78, 5) is 4.98. The van der Waals surface area contributed by atoms with Crippen molar-refractivity contribution in [3.63, 3.8) is 0 Å². The molecule has 298 valence electrons. The quantitative estimate of drug-likeness (QED) is 0.153. The predicted molar refractivity (Wildman–Crippen MR) is 257 cm³/mol. The molecule has 4 heteroatoms. The lowest BCUT2D eigenvalue weighted by Crippen LogP contribution is -2.25. The lowest BCUT2D eigenvalue weighted by Gasteiger charge is -2.38. The number of hydrogen-bond donors (Lipinski definition) is 0. The molecule has 15 rings (SSSR count). The van der Waals surface area contributed by atoms with Gasteiger partial charge in [0.2, 0.25) is 0 Å². The van der Waals surface area contributed by atoms with Gasteiger partial charge in [-0.05, 0) is 252 Å². The largest absolute Gasteiger partial charge is 0.310 e. The fourth-order valence-electron chi connectivity index (χ4n) is 14.0. The summed E-state index contributed by atoms with van der Waals surface area (Å²) in [6.07, 6.45) is 14.0. The Morgan fingerprint density at radius 1 is 0.300 bits per heavy atom. The fraction of sp³-hybridized carbons (Fsp3) is 0.321. The molecule has 0 radical (unpaired) electrons. The molecule has 4 fully saturated rings. The molecular weight excluding hydrogens is 860 g/mol. The normalized spacial score (nSPS) is 26.8. The highest BCUT2D eigenvalue weighted by Crippen LogP contribution is 2.58. The molecule has 0 aromatic heterocycles. The van der Waals surface area contributed by atoms with E-state index >= 15 is 0 Å². The first-order valence-corrected chi connectivity index (χ1v) is 24.4. The zero-order chi connectivity index (χ0) is 39.6. The van der Waals surface area contributed by atoms with Gasteiger partial charge in [-0.25, -0.2) is 0 Å². The van der Waals surface area contributed by atoms with E-state index in [-0.39, 0.29) is 0 Å². The lowest BCUT2D eigenvalue weighted by atomic mass is 9.67. The van der Waals surface area contributed by atoms with Crippen LogP contribution in [0.4, 0.5) is 34.1 Å². The van der Waals surface area contributed by atoms with Gasteiger partial charge >= 0.3 is 0 Å². The van der Waals surface area contributed by atoms with Gasteiger partial charge in [-0.2, -0.15) is 0 Å². The van der Waals surface area contributed by atoms with Crippen molar-refractivity contribution in [2.24, 2.45) is 23.7 Å². The number of anilines is 6. The van der Waals surface area contributed by atoms with Crippen molar-refractivity contribution < 1.29 is 0 Å². The van der Waals surface area contributed by atoms with Crippen LogP contribution >= 0.6 is 31.9 Å². The Balaban J connectivity index is 0.892. The van der Waals surface area contributed by atoms with Crippen molar-refractivity contribution in [1.29, 1.82) is 0 Å². The molecule has 0 spiro atoms. The molecule has 0 aliphatic heterocycles. The Bertz CT molecular complexity index is 2610. The number of benzene rings is 7. The first-order valence-electron chi connectivity index (χ1n) is 22.8. The van der Waals surface area contributed by atoms with E-state index in [9.17, 15) is 0 Å². The van der Waals surface area contributed by atoms with Gasteiger partial charge in [-0.15, -0.1) is 0 Å². The monoisotopic (exact) mass is 908 g/mol. The molecule has 0 amide bonds. The van der Waals surface area contributed by atoms with E-state index in [0.29, 0.717) is 11.8 Å². The summed E-state index contributed by atoms with van der Waals surface area (Å²) in [5, 5.41) is 5.11. The van der Waals surface area contributed by atoms with Crippen LogP contribution in [0, 0.1) is 23.7 Å². The van der Waals surface area contributed by atoms with E-state index in [4.69, 9.17) is 0 Å². The molecule has 0 N–H and O–H groups in total. The van der Waals surface area contributed by atoms with Crippen LogP contribution in [0.3, 0.4) is 0 Å². The Morgan fingerprint density at radius 2 is 0.617 bits per heavy atom. The molecular formula is C56H50Br2N2. The van der Waals surface area contributed by atoms with Crippen molar-refractivity contribution in [2.75, 3.05) is 9.80 Å². The molecule has 4 atom stereocenters. The van der Waals surface area contributed by atoms with Crippen molar-refractivity contribution >= 4 is 87.5 Å². The summed E-state index contributed by atoms with van der Waals surface area (Å²) in [5.41, 5.74) is 13.9. The zero-order valence-corrected chi connectivity index (χ0v) is 37.2. The summed E-state index contributed by atoms with van der Waals surface area (Å²) >= 11 is 7.42. The van der Waals surface area contributed by atoms with E-state index in [2.05, 4.69) is 175 Å². The number of rotatable bonds is 6. The molecule has 4 saturated carbocycles. The maximum absolute atomic E-state index is 3.71. The van der Waals surface area contributed by atoms with Gasteiger partial charge < -0.3 is 9.80 Å². The minimum Gasteiger partial charge on any atom is -0.310 e. The lowest BCUT2D eigenvalue weighted by molar-refractivity contribution is 0.165. The standard InChI is InChI=1S/C56H50Br2N2/c57-43-3-7-45(8-4-43)59(49-13-17-53-39-21-33-19-34(22-39)26-41(25-33)55(53)31-49)47-11-15-51-37(29-47)1-2-38-30-48(12-16-52(38)51)60(46-9-5-44(58)6-10-46)50-14-18-54-40-23-35-20-36(24-40)28-42(27-35)56(54)32-50/h1-18,29-36,39-42H,19-28H2. The minimum absolute atomic E-state index is 0.706. The summed E-state index contributed by atoms with van der Waals surface area (Å²) in [5.74, 6) is 6.57. The molecule has 4 unspecified atom stereocenters. The SMILES string of the molecule is Brc1ccc(N(c2ccc3c(c2)C2CC4CC(CC3C4)C2)c2ccc3c(ccc4cc(N(c5ccc(Br)cc5)c5ccc6c(c5)C5CC7CC(CC6C7)C5)ccc43)c2)cc1. The molecule has 0 saturated heterocycles. The van der Waals surface area contributed by atoms with E-state index in [1.165, 1.54) is 120 Å². The van der Waals surface area contributed by atoms with Crippen molar-refractivity contribution in [1.82, 2.24) is 0 Å². The van der Waals surface area contributed by atoms with Gasteiger partial charge in [0.25, 0.3) is 0 Å². The van der Waals surface area contributed by atoms with Crippen molar-refractivity contribution in [3.05, 3.63) is 165 Å². The fourth-order valence-corrected chi connectivity index (χ4v) is 14.5. The van der Waals surface area contributed by atoms with Crippen LogP contribution in [0.5, 0.6) is 0 Å². The third kappa shape index (κ3) is 6.05. The highest BCUT2D eigenvalue weighted by atomic mass is 79.9. The second kappa shape index (κ2) is 14.1. The van der Waals surface area contributed by atoms with Crippen LogP contribution in [0.15, 0.2) is 142 Å². The van der Waals surface area contributed by atoms with Gasteiger partial charge in [0.15, 0.2) is 0 Å². The molecule has 7 aromatic rings. The maximum Gasteiger partial charge on any atom is 0.0468 e. The summed E-state index contributed by atoms with van der Waals surface area (Å²) in [6.45, 7) is 0. The van der Waals surface area contributed by atoms with Gasteiger partial charge in [0.05, 0.1) is 0 Å². The summed E-state index contributed by atoms with van der Waals surface area (Å²) in [7, 11) is 0. The van der Waals surface area contributed by atoms with E-state index < -0.39 is 0 Å². The average molecular weight is 911 g/mol. The highest BCUT2D eigenvalue weighted by molar-refractivity contribution is 9.10. The average Bonchev–Trinajstić information content (AvgIpc) is 3.54. The van der Waals surface area contributed by atoms with Crippen LogP contribution in [0.2, 0.25) is 0 Å². The second-order valence-corrected chi connectivity index (χ2v) is 21.6. The number of nitrogens with zero attached hydrogens (tertiary/aromatic N) is 2. The Kier molecular flexibility index (Phi) is 8.51. The molecule has 0 heterocycles. The third-order valence-corrected chi connectivity index (χ3v) is 17.2. The van der Waals surface area contributed by atoms with Crippen LogP contribution in [0.25, 0.3) is 21.5 Å². The van der Waals surface area contributed by atoms with E-state index in [1.807, 2.05) is 0 Å².